The summed E-state index contributed by atoms with van der Waals surface area (Å²) in [5, 5.41) is 0. The fraction of sp³-hybridized carbons (Fsp3) is 0.214. The molecule has 0 radical (unpaired) electrons. The molecule has 0 saturated carbocycles. The molecule has 6 heteroatoms. The van der Waals surface area contributed by atoms with E-state index in [4.69, 9.17) is 4.74 Å². The zero-order valence-corrected chi connectivity index (χ0v) is 12.2. The van der Waals surface area contributed by atoms with E-state index in [2.05, 4.69) is 4.98 Å². The molecule has 20 heavy (non-hydrogen) atoms. The smallest absolute Gasteiger partial charge is 0.265 e. The van der Waals surface area contributed by atoms with Gasteiger partial charge in [0.15, 0.2) is 0 Å². The largest absolute Gasteiger partial charge is 0.494 e. The Kier molecular flexibility index (Phi) is 4.24. The van der Waals surface area contributed by atoms with E-state index in [9.17, 15) is 8.42 Å². The molecular weight excluding hydrogens is 276 g/mol. The van der Waals surface area contributed by atoms with Crippen molar-refractivity contribution in [3.63, 3.8) is 0 Å². The lowest BCUT2D eigenvalue weighted by atomic mass is 10.3. The zero-order chi connectivity index (χ0) is 14.6. The second-order valence-electron chi connectivity index (χ2n) is 4.09. The van der Waals surface area contributed by atoms with E-state index in [1.807, 2.05) is 6.92 Å². The van der Waals surface area contributed by atoms with Crippen LogP contribution in [0.15, 0.2) is 53.7 Å². The molecule has 0 spiro atoms. The van der Waals surface area contributed by atoms with Crippen molar-refractivity contribution >= 4 is 15.7 Å². The van der Waals surface area contributed by atoms with Crippen LogP contribution in [-0.4, -0.2) is 27.1 Å². The van der Waals surface area contributed by atoms with Crippen LogP contribution in [0.1, 0.15) is 6.92 Å². The quantitative estimate of drug-likeness (QED) is 0.848. The SMILES string of the molecule is CCOc1ccc(N(C)S(=O)(=O)c2cccnc2)cc1. The molecule has 5 nitrogen and oxygen atoms in total. The van der Waals surface area contributed by atoms with Gasteiger partial charge < -0.3 is 4.74 Å². The van der Waals surface area contributed by atoms with Gasteiger partial charge in [-0.1, -0.05) is 0 Å². The highest BCUT2D eigenvalue weighted by atomic mass is 32.2. The summed E-state index contributed by atoms with van der Waals surface area (Å²) in [6, 6.07) is 10.0. The maximum Gasteiger partial charge on any atom is 0.265 e. The lowest BCUT2D eigenvalue weighted by Crippen LogP contribution is -2.26. The second kappa shape index (κ2) is 5.92. The van der Waals surface area contributed by atoms with Gasteiger partial charge in [-0.05, 0) is 43.3 Å². The number of rotatable bonds is 5. The standard InChI is InChI=1S/C14H16N2O3S/c1-3-19-13-8-6-12(7-9-13)16(2)20(17,18)14-5-4-10-15-11-14/h4-11H,3H2,1-2H3. The predicted octanol–water partition coefficient (Wildman–Crippen LogP) is 2.31. The van der Waals surface area contributed by atoms with E-state index in [-0.39, 0.29) is 4.90 Å². The van der Waals surface area contributed by atoms with Crippen molar-refractivity contribution in [1.29, 1.82) is 0 Å². The minimum atomic E-state index is -3.59. The number of aromatic nitrogens is 1. The second-order valence-corrected chi connectivity index (χ2v) is 6.06. The molecule has 0 aliphatic carbocycles. The van der Waals surface area contributed by atoms with E-state index in [0.717, 1.165) is 0 Å². The Morgan fingerprint density at radius 1 is 1.20 bits per heavy atom. The summed E-state index contributed by atoms with van der Waals surface area (Å²) >= 11 is 0. The van der Waals surface area contributed by atoms with Crippen molar-refractivity contribution in [2.24, 2.45) is 0 Å². The number of anilines is 1. The lowest BCUT2D eigenvalue weighted by Gasteiger charge is -2.19. The molecule has 0 saturated heterocycles. The van der Waals surface area contributed by atoms with Crippen LogP contribution >= 0.6 is 0 Å². The predicted molar refractivity (Wildman–Crippen MR) is 77.4 cm³/mol. The minimum absolute atomic E-state index is 0.163. The summed E-state index contributed by atoms with van der Waals surface area (Å²) in [5.74, 6) is 0.712. The fourth-order valence-electron chi connectivity index (χ4n) is 1.72. The van der Waals surface area contributed by atoms with E-state index in [1.54, 1.807) is 30.3 Å². The molecule has 106 valence electrons. The van der Waals surface area contributed by atoms with Gasteiger partial charge in [-0.25, -0.2) is 8.42 Å². The number of sulfonamides is 1. The van der Waals surface area contributed by atoms with Crippen LogP contribution in [0, 0.1) is 0 Å². The monoisotopic (exact) mass is 292 g/mol. The van der Waals surface area contributed by atoms with Crippen molar-refractivity contribution < 1.29 is 13.2 Å². The van der Waals surface area contributed by atoms with Gasteiger partial charge in [0, 0.05) is 19.4 Å². The number of hydrogen-bond acceptors (Lipinski definition) is 4. The van der Waals surface area contributed by atoms with Crippen LogP contribution in [0.25, 0.3) is 0 Å². The van der Waals surface area contributed by atoms with Crippen LogP contribution in [-0.2, 0) is 10.0 Å². The van der Waals surface area contributed by atoms with Gasteiger partial charge in [0.1, 0.15) is 10.6 Å². The molecule has 2 rings (SSSR count). The number of nitrogens with zero attached hydrogens (tertiary/aromatic N) is 2. The Labute approximate surface area is 118 Å². The summed E-state index contributed by atoms with van der Waals surface area (Å²) in [6.07, 6.45) is 2.87. The highest BCUT2D eigenvalue weighted by Crippen LogP contribution is 2.23. The Bertz CT molecular complexity index is 655. The first-order chi connectivity index (χ1) is 9.55. The molecule has 0 bridgehead atoms. The van der Waals surface area contributed by atoms with Gasteiger partial charge in [0.05, 0.1) is 12.3 Å². The van der Waals surface area contributed by atoms with E-state index >= 15 is 0 Å². The number of hydrogen-bond donors (Lipinski definition) is 0. The maximum absolute atomic E-state index is 12.4. The molecule has 0 fully saturated rings. The van der Waals surface area contributed by atoms with Crippen LogP contribution in [0.3, 0.4) is 0 Å². The van der Waals surface area contributed by atoms with Gasteiger partial charge in [-0.3, -0.25) is 9.29 Å². The maximum atomic E-state index is 12.4. The highest BCUT2D eigenvalue weighted by Gasteiger charge is 2.21. The zero-order valence-electron chi connectivity index (χ0n) is 11.4. The summed E-state index contributed by atoms with van der Waals surface area (Å²) < 4.78 is 31.4. The van der Waals surface area contributed by atoms with E-state index < -0.39 is 10.0 Å². The fourth-order valence-corrected chi connectivity index (χ4v) is 2.88. The average Bonchev–Trinajstić information content (AvgIpc) is 2.48. The Morgan fingerprint density at radius 3 is 2.45 bits per heavy atom. The molecule has 2 aromatic rings. The van der Waals surface area contributed by atoms with Crippen molar-refractivity contribution in [2.75, 3.05) is 18.0 Å². The normalized spacial score (nSPS) is 11.1. The van der Waals surface area contributed by atoms with Crippen LogP contribution < -0.4 is 9.04 Å². The van der Waals surface area contributed by atoms with E-state index in [0.29, 0.717) is 18.0 Å². The number of pyridine rings is 1. The average molecular weight is 292 g/mol. The summed E-state index contributed by atoms with van der Waals surface area (Å²) in [6.45, 7) is 2.47. The summed E-state index contributed by atoms with van der Waals surface area (Å²) in [7, 11) is -2.08. The number of ether oxygens (including phenoxy) is 1. The molecule has 0 N–H and O–H groups in total. The van der Waals surface area contributed by atoms with E-state index in [1.165, 1.54) is 29.8 Å². The molecule has 0 aliphatic heterocycles. The van der Waals surface area contributed by atoms with Crippen molar-refractivity contribution in [3.8, 4) is 5.75 Å². The Hall–Kier alpha value is -2.08. The topological polar surface area (TPSA) is 59.5 Å². The minimum Gasteiger partial charge on any atom is -0.494 e. The Morgan fingerprint density at radius 2 is 1.90 bits per heavy atom. The first-order valence-corrected chi connectivity index (χ1v) is 7.61. The lowest BCUT2D eigenvalue weighted by molar-refractivity contribution is 0.340. The first kappa shape index (κ1) is 14.3. The summed E-state index contributed by atoms with van der Waals surface area (Å²) in [5.41, 5.74) is 0.567. The van der Waals surface area contributed by atoms with Crippen LogP contribution in [0.4, 0.5) is 5.69 Å². The van der Waals surface area contributed by atoms with Gasteiger partial charge in [-0.2, -0.15) is 0 Å². The molecule has 0 amide bonds. The summed E-state index contributed by atoms with van der Waals surface area (Å²) in [4.78, 5) is 4.00. The first-order valence-electron chi connectivity index (χ1n) is 6.17. The van der Waals surface area contributed by atoms with Crippen LogP contribution in [0.5, 0.6) is 5.75 Å². The Balaban J connectivity index is 2.29. The molecule has 1 heterocycles. The highest BCUT2D eigenvalue weighted by molar-refractivity contribution is 7.92. The third kappa shape index (κ3) is 2.91. The molecule has 0 atom stereocenters. The molecule has 0 unspecified atom stereocenters. The van der Waals surface area contributed by atoms with Crippen molar-refractivity contribution in [1.82, 2.24) is 4.98 Å². The van der Waals surface area contributed by atoms with Crippen molar-refractivity contribution in [2.45, 2.75) is 11.8 Å². The van der Waals surface area contributed by atoms with Crippen LogP contribution in [0.2, 0.25) is 0 Å². The molecule has 0 aliphatic rings. The van der Waals surface area contributed by atoms with Crippen molar-refractivity contribution in [3.05, 3.63) is 48.8 Å². The van der Waals surface area contributed by atoms with Gasteiger partial charge >= 0.3 is 0 Å². The molecule has 1 aromatic carbocycles. The van der Waals surface area contributed by atoms with Gasteiger partial charge in [0.25, 0.3) is 10.0 Å². The van der Waals surface area contributed by atoms with Gasteiger partial charge in [-0.15, -0.1) is 0 Å². The molecular formula is C14H16N2O3S. The molecule has 1 aromatic heterocycles. The van der Waals surface area contributed by atoms with Gasteiger partial charge in [0.2, 0.25) is 0 Å². The number of benzene rings is 1. The third-order valence-corrected chi connectivity index (χ3v) is 4.57. The third-order valence-electron chi connectivity index (χ3n) is 2.80.